The summed E-state index contributed by atoms with van der Waals surface area (Å²) in [4.78, 5) is 24.0. The Hall–Kier alpha value is -3.77. The van der Waals surface area contributed by atoms with Gasteiger partial charge in [0.15, 0.2) is 0 Å². The first-order chi connectivity index (χ1) is 14.4. The third kappa shape index (κ3) is 4.87. The van der Waals surface area contributed by atoms with Crippen LogP contribution in [0, 0.1) is 0 Å². The summed E-state index contributed by atoms with van der Waals surface area (Å²) in [6, 6.07) is 5.71. The Morgan fingerprint density at radius 3 is 2.00 bits per heavy atom. The summed E-state index contributed by atoms with van der Waals surface area (Å²) in [5.74, 6) is -2.05. The molecule has 0 unspecified atom stereocenters. The molecule has 0 spiro atoms. The van der Waals surface area contributed by atoms with Gasteiger partial charge in [-0.25, -0.2) is 4.79 Å². The Bertz CT molecular complexity index is 1130. The molecular weight excluding hydrogens is 436 g/mol. The van der Waals surface area contributed by atoms with Crippen LogP contribution >= 0.6 is 0 Å². The number of halogens is 6. The Kier molecular flexibility index (Phi) is 5.53. The van der Waals surface area contributed by atoms with E-state index in [0.29, 0.717) is 12.1 Å². The van der Waals surface area contributed by atoms with E-state index in [2.05, 4.69) is 19.6 Å². The van der Waals surface area contributed by atoms with Crippen molar-refractivity contribution in [3.8, 4) is 11.8 Å². The van der Waals surface area contributed by atoms with Crippen LogP contribution in [0.3, 0.4) is 0 Å². The number of amides is 1. The summed E-state index contributed by atoms with van der Waals surface area (Å²) in [6.07, 6.45) is -10.5. The molecule has 0 aliphatic carbocycles. The number of methoxy groups -OCH3 is 1. The van der Waals surface area contributed by atoms with Crippen molar-refractivity contribution < 1.29 is 40.3 Å². The highest BCUT2D eigenvalue weighted by molar-refractivity contribution is 6.04. The van der Waals surface area contributed by atoms with Crippen molar-refractivity contribution in [3.05, 3.63) is 69.7 Å². The molecule has 0 saturated carbocycles. The smallest absolute Gasteiger partial charge is 0.444 e. The van der Waals surface area contributed by atoms with Gasteiger partial charge in [-0.15, -0.1) is 0 Å². The van der Waals surface area contributed by atoms with E-state index < -0.39 is 40.7 Å². The normalized spacial score (nSPS) is 12.0. The molecule has 0 aliphatic rings. The second-order valence-corrected chi connectivity index (χ2v) is 6.05. The van der Waals surface area contributed by atoms with E-state index in [1.54, 1.807) is 0 Å². The molecular formula is C18H11F6N3O4. The minimum atomic E-state index is -5.08. The maximum absolute atomic E-state index is 12.9. The van der Waals surface area contributed by atoms with Crippen LogP contribution in [0.1, 0.15) is 21.5 Å². The minimum absolute atomic E-state index is 0.0447. The predicted molar refractivity (Wildman–Crippen MR) is 93.1 cm³/mol. The van der Waals surface area contributed by atoms with Crippen LogP contribution in [0.25, 0.3) is 5.69 Å². The molecule has 13 heteroatoms. The van der Waals surface area contributed by atoms with E-state index in [9.17, 15) is 35.9 Å². The van der Waals surface area contributed by atoms with Gasteiger partial charge in [-0.3, -0.25) is 4.79 Å². The highest BCUT2D eigenvalue weighted by Crippen LogP contribution is 2.36. The SMILES string of the molecule is COc1nn(-c2ccc(NC(=O)c3cc(C(F)(F)F)cc(C(F)(F)F)c3)cc2)c(=O)o1. The molecule has 1 N–H and O–H groups in total. The van der Waals surface area contributed by atoms with Gasteiger partial charge in [0.25, 0.3) is 5.91 Å². The van der Waals surface area contributed by atoms with Gasteiger partial charge in [-0.2, -0.15) is 31.0 Å². The van der Waals surface area contributed by atoms with Crippen molar-refractivity contribution in [2.75, 3.05) is 12.4 Å². The summed E-state index contributed by atoms with van der Waals surface area (Å²) in [7, 11) is 1.23. The van der Waals surface area contributed by atoms with E-state index in [-0.39, 0.29) is 23.5 Å². The molecule has 164 valence electrons. The number of anilines is 1. The molecule has 1 heterocycles. The molecule has 0 aliphatic heterocycles. The summed E-state index contributed by atoms with van der Waals surface area (Å²) in [6.45, 7) is 0. The van der Waals surface area contributed by atoms with Gasteiger partial charge in [-0.1, -0.05) is 5.10 Å². The van der Waals surface area contributed by atoms with Gasteiger partial charge in [0.1, 0.15) is 0 Å². The van der Waals surface area contributed by atoms with Crippen molar-refractivity contribution in [1.29, 1.82) is 0 Å². The third-order valence-corrected chi connectivity index (χ3v) is 3.92. The first-order valence-corrected chi connectivity index (χ1v) is 8.24. The standard InChI is InChI=1S/C18H11F6N3O4/c1-30-15-26-27(16(29)31-15)13-4-2-12(3-5-13)25-14(28)9-6-10(17(19,20)21)8-11(7-9)18(22,23)24/h2-8H,1H3,(H,25,28). The topological polar surface area (TPSA) is 86.4 Å². The zero-order valence-corrected chi connectivity index (χ0v) is 15.3. The quantitative estimate of drug-likeness (QED) is 0.608. The Balaban J connectivity index is 1.87. The molecule has 7 nitrogen and oxygen atoms in total. The van der Waals surface area contributed by atoms with E-state index in [1.165, 1.54) is 31.4 Å². The lowest BCUT2D eigenvalue weighted by atomic mass is 10.0. The zero-order chi connectivity index (χ0) is 23.0. The van der Waals surface area contributed by atoms with Crippen molar-refractivity contribution >= 4 is 11.6 Å². The molecule has 0 saturated heterocycles. The molecule has 31 heavy (non-hydrogen) atoms. The van der Waals surface area contributed by atoms with Crippen LogP contribution < -0.4 is 15.8 Å². The maximum Gasteiger partial charge on any atom is 0.444 e. The van der Waals surface area contributed by atoms with Crippen LogP contribution in [0.4, 0.5) is 32.0 Å². The largest absolute Gasteiger partial charge is 0.452 e. The average Bonchev–Trinajstić information content (AvgIpc) is 3.07. The second-order valence-electron chi connectivity index (χ2n) is 6.05. The summed E-state index contributed by atoms with van der Waals surface area (Å²) < 4.78 is 87.8. The molecule has 0 atom stereocenters. The number of carbonyl (C=O) groups is 1. The van der Waals surface area contributed by atoms with E-state index in [1.807, 2.05) is 0 Å². The van der Waals surface area contributed by atoms with Gasteiger partial charge in [0.2, 0.25) is 0 Å². The lowest BCUT2D eigenvalue weighted by Crippen LogP contribution is -2.17. The molecule has 0 fully saturated rings. The fourth-order valence-corrected chi connectivity index (χ4v) is 2.48. The number of hydrogen-bond acceptors (Lipinski definition) is 5. The Morgan fingerprint density at radius 1 is 1.00 bits per heavy atom. The van der Waals surface area contributed by atoms with Gasteiger partial charge >= 0.3 is 24.2 Å². The van der Waals surface area contributed by atoms with Crippen LogP contribution in [0.15, 0.2) is 51.7 Å². The van der Waals surface area contributed by atoms with Crippen molar-refractivity contribution in [2.45, 2.75) is 12.4 Å². The lowest BCUT2D eigenvalue weighted by Gasteiger charge is -2.14. The van der Waals surface area contributed by atoms with Gasteiger partial charge in [-0.05, 0) is 42.5 Å². The lowest BCUT2D eigenvalue weighted by molar-refractivity contribution is -0.143. The van der Waals surface area contributed by atoms with Gasteiger partial charge in [0.05, 0.1) is 23.9 Å². The highest BCUT2D eigenvalue weighted by atomic mass is 19.4. The molecule has 0 bridgehead atoms. The summed E-state index contributed by atoms with van der Waals surface area (Å²) in [5, 5.41) is 5.91. The van der Waals surface area contributed by atoms with Gasteiger partial charge in [0, 0.05) is 11.3 Å². The molecule has 1 amide bonds. The van der Waals surface area contributed by atoms with Crippen LogP contribution in [0.2, 0.25) is 0 Å². The number of nitrogens with zero attached hydrogens (tertiary/aromatic N) is 2. The predicted octanol–water partition coefficient (Wildman–Crippen LogP) is 4.12. The Morgan fingerprint density at radius 2 is 1.55 bits per heavy atom. The number of nitrogens with one attached hydrogen (secondary N) is 1. The van der Waals surface area contributed by atoms with Crippen LogP contribution in [-0.2, 0) is 12.4 Å². The molecule has 2 aromatic carbocycles. The first-order valence-electron chi connectivity index (χ1n) is 8.24. The summed E-state index contributed by atoms with van der Waals surface area (Å²) >= 11 is 0. The number of alkyl halides is 6. The first kappa shape index (κ1) is 21.9. The number of aromatic nitrogens is 2. The van der Waals surface area contributed by atoms with Crippen LogP contribution in [0.5, 0.6) is 6.08 Å². The fourth-order valence-electron chi connectivity index (χ4n) is 2.48. The molecule has 1 aromatic heterocycles. The number of benzene rings is 2. The third-order valence-electron chi connectivity index (χ3n) is 3.92. The zero-order valence-electron chi connectivity index (χ0n) is 15.3. The van der Waals surface area contributed by atoms with Crippen molar-refractivity contribution in [1.82, 2.24) is 9.78 Å². The highest BCUT2D eigenvalue weighted by Gasteiger charge is 2.37. The Labute approximate surface area is 168 Å². The number of rotatable bonds is 4. The average molecular weight is 447 g/mol. The number of ether oxygens (including phenoxy) is 1. The molecule has 0 radical (unpaired) electrons. The van der Waals surface area contributed by atoms with E-state index in [4.69, 9.17) is 0 Å². The summed E-state index contributed by atoms with van der Waals surface area (Å²) in [5.41, 5.74) is -3.80. The van der Waals surface area contributed by atoms with E-state index >= 15 is 0 Å². The van der Waals surface area contributed by atoms with Gasteiger partial charge < -0.3 is 14.5 Å². The monoisotopic (exact) mass is 447 g/mol. The maximum atomic E-state index is 12.9. The van der Waals surface area contributed by atoms with E-state index in [0.717, 1.165) is 4.68 Å². The van der Waals surface area contributed by atoms with Crippen molar-refractivity contribution in [3.63, 3.8) is 0 Å². The molecule has 3 rings (SSSR count). The number of hydrogen-bond donors (Lipinski definition) is 1. The minimum Gasteiger partial charge on any atom is -0.452 e. The fraction of sp³-hybridized carbons (Fsp3) is 0.167. The number of carbonyl (C=O) groups excluding carboxylic acids is 1. The van der Waals surface area contributed by atoms with Crippen LogP contribution in [-0.4, -0.2) is 22.8 Å². The van der Waals surface area contributed by atoms with Crippen molar-refractivity contribution in [2.24, 2.45) is 0 Å². The molecule has 3 aromatic rings. The second kappa shape index (κ2) is 7.81.